The number of carbonyl (C=O) groups is 1. The first-order chi connectivity index (χ1) is 14.5. The number of carbonyl (C=O) groups excluding carboxylic acids is 1. The average molecular weight is 415 g/mol. The molecule has 4 rings (SSSR count). The third-order valence-electron chi connectivity index (χ3n) is 4.56. The van der Waals surface area contributed by atoms with Gasteiger partial charge in [0.2, 0.25) is 0 Å². The zero-order valence-corrected chi connectivity index (χ0v) is 17.1. The van der Waals surface area contributed by atoms with Gasteiger partial charge in [-0.3, -0.25) is 5.10 Å². The van der Waals surface area contributed by atoms with Gasteiger partial charge in [0.05, 0.1) is 24.6 Å². The van der Waals surface area contributed by atoms with Crippen molar-refractivity contribution in [3.8, 4) is 0 Å². The summed E-state index contributed by atoms with van der Waals surface area (Å²) in [5, 5.41) is 17.6. The van der Waals surface area contributed by atoms with Crippen LogP contribution in [0.3, 0.4) is 0 Å². The Morgan fingerprint density at radius 2 is 2.30 bits per heavy atom. The van der Waals surface area contributed by atoms with E-state index in [-0.39, 0.29) is 18.2 Å². The van der Waals surface area contributed by atoms with Crippen LogP contribution in [0.4, 0.5) is 16.4 Å². The van der Waals surface area contributed by atoms with Crippen LogP contribution in [0.5, 0.6) is 0 Å². The van der Waals surface area contributed by atoms with Gasteiger partial charge in [-0.05, 0) is 19.9 Å². The Labute approximate surface area is 173 Å². The lowest BCUT2D eigenvalue weighted by Crippen LogP contribution is -2.33. The SMILES string of the molecule is COCc1cc2c(Nc3cc(C4CC(OC(=O)NC(C)C)CO4)[nH]n3)nccn2n1. The van der Waals surface area contributed by atoms with E-state index in [1.54, 1.807) is 24.0 Å². The molecule has 3 aromatic heterocycles. The van der Waals surface area contributed by atoms with Gasteiger partial charge in [0.25, 0.3) is 0 Å². The number of aromatic nitrogens is 5. The molecule has 30 heavy (non-hydrogen) atoms. The smallest absolute Gasteiger partial charge is 0.407 e. The van der Waals surface area contributed by atoms with Crippen LogP contribution in [0.1, 0.15) is 37.8 Å². The first-order valence-corrected chi connectivity index (χ1v) is 9.75. The Morgan fingerprint density at radius 1 is 1.43 bits per heavy atom. The van der Waals surface area contributed by atoms with Crippen LogP contribution < -0.4 is 10.6 Å². The summed E-state index contributed by atoms with van der Waals surface area (Å²) in [6, 6.07) is 3.80. The predicted molar refractivity (Wildman–Crippen MR) is 107 cm³/mol. The van der Waals surface area contributed by atoms with E-state index in [2.05, 4.69) is 30.9 Å². The Bertz CT molecular complexity index is 1020. The molecule has 1 aliphatic rings. The number of aromatic amines is 1. The second-order valence-corrected chi connectivity index (χ2v) is 7.39. The minimum atomic E-state index is -0.431. The van der Waals surface area contributed by atoms with Crippen LogP contribution in [0.15, 0.2) is 24.5 Å². The normalized spacial score (nSPS) is 18.8. The molecule has 3 N–H and O–H groups in total. The molecular weight excluding hydrogens is 390 g/mol. The number of anilines is 2. The number of alkyl carbamates (subject to hydrolysis) is 1. The molecule has 0 radical (unpaired) electrons. The van der Waals surface area contributed by atoms with E-state index < -0.39 is 6.09 Å². The number of rotatable bonds is 7. The number of methoxy groups -OCH3 is 1. The van der Waals surface area contributed by atoms with Crippen LogP contribution in [0.2, 0.25) is 0 Å². The Morgan fingerprint density at radius 3 is 3.10 bits per heavy atom. The number of nitrogens with zero attached hydrogens (tertiary/aromatic N) is 4. The van der Waals surface area contributed by atoms with Gasteiger partial charge in [0, 0.05) is 38.0 Å². The van der Waals surface area contributed by atoms with Crippen molar-refractivity contribution >= 4 is 23.2 Å². The van der Waals surface area contributed by atoms with Gasteiger partial charge in [-0.2, -0.15) is 10.2 Å². The summed E-state index contributed by atoms with van der Waals surface area (Å²) in [4.78, 5) is 16.2. The maximum Gasteiger partial charge on any atom is 0.407 e. The van der Waals surface area contributed by atoms with Gasteiger partial charge in [-0.25, -0.2) is 14.3 Å². The maximum atomic E-state index is 11.8. The zero-order valence-electron chi connectivity index (χ0n) is 17.1. The second-order valence-electron chi connectivity index (χ2n) is 7.39. The summed E-state index contributed by atoms with van der Waals surface area (Å²) in [5.74, 6) is 1.23. The molecule has 0 spiro atoms. The molecule has 1 aliphatic heterocycles. The van der Waals surface area contributed by atoms with E-state index in [0.717, 1.165) is 16.9 Å². The van der Waals surface area contributed by atoms with E-state index in [1.807, 2.05) is 26.0 Å². The van der Waals surface area contributed by atoms with Gasteiger partial charge < -0.3 is 24.8 Å². The Kier molecular flexibility index (Phi) is 5.81. The lowest BCUT2D eigenvalue weighted by molar-refractivity contribution is 0.0682. The van der Waals surface area contributed by atoms with Gasteiger partial charge in [0.1, 0.15) is 17.7 Å². The van der Waals surface area contributed by atoms with Crippen molar-refractivity contribution in [2.24, 2.45) is 0 Å². The van der Waals surface area contributed by atoms with Crippen LogP contribution in [-0.4, -0.2) is 56.8 Å². The number of ether oxygens (including phenoxy) is 3. The summed E-state index contributed by atoms with van der Waals surface area (Å²) >= 11 is 0. The van der Waals surface area contributed by atoms with Crippen molar-refractivity contribution in [3.05, 3.63) is 35.9 Å². The Balaban J connectivity index is 1.40. The fourth-order valence-corrected chi connectivity index (χ4v) is 3.29. The minimum absolute atomic E-state index is 0.0243. The monoisotopic (exact) mass is 415 g/mol. The molecule has 0 aliphatic carbocycles. The predicted octanol–water partition coefficient (Wildman–Crippen LogP) is 2.31. The maximum absolute atomic E-state index is 11.8. The summed E-state index contributed by atoms with van der Waals surface area (Å²) in [7, 11) is 1.63. The van der Waals surface area contributed by atoms with Crippen molar-refractivity contribution in [2.75, 3.05) is 19.0 Å². The first kappa shape index (κ1) is 20.1. The van der Waals surface area contributed by atoms with E-state index in [4.69, 9.17) is 14.2 Å². The summed E-state index contributed by atoms with van der Waals surface area (Å²) in [6.45, 7) is 4.53. The van der Waals surface area contributed by atoms with Gasteiger partial charge in [-0.15, -0.1) is 0 Å². The van der Waals surface area contributed by atoms with Gasteiger partial charge in [0.15, 0.2) is 11.6 Å². The van der Waals surface area contributed by atoms with E-state index in [1.165, 1.54) is 0 Å². The van der Waals surface area contributed by atoms with Crippen molar-refractivity contribution in [1.29, 1.82) is 0 Å². The highest BCUT2D eigenvalue weighted by molar-refractivity contribution is 5.72. The Hall–Kier alpha value is -3.18. The zero-order chi connectivity index (χ0) is 21.1. The fourth-order valence-electron chi connectivity index (χ4n) is 3.29. The molecule has 0 aromatic carbocycles. The molecule has 4 heterocycles. The number of H-pyrrole nitrogens is 1. The molecule has 1 saturated heterocycles. The lowest BCUT2D eigenvalue weighted by atomic mass is 10.1. The third kappa shape index (κ3) is 4.52. The molecule has 1 amide bonds. The number of hydrogen-bond acceptors (Lipinski definition) is 8. The largest absolute Gasteiger partial charge is 0.444 e. The average Bonchev–Trinajstić information content (AvgIpc) is 3.41. The van der Waals surface area contributed by atoms with Crippen LogP contribution in [-0.2, 0) is 20.8 Å². The van der Waals surface area contributed by atoms with E-state index >= 15 is 0 Å². The lowest BCUT2D eigenvalue weighted by Gasteiger charge is -2.13. The fraction of sp³-hybridized carbons (Fsp3) is 0.474. The molecule has 0 saturated carbocycles. The summed E-state index contributed by atoms with van der Waals surface area (Å²) < 4.78 is 18.0. The number of nitrogens with one attached hydrogen (secondary N) is 3. The van der Waals surface area contributed by atoms with Crippen molar-refractivity contribution < 1.29 is 19.0 Å². The summed E-state index contributed by atoms with van der Waals surface area (Å²) in [5.41, 5.74) is 2.42. The molecule has 11 heteroatoms. The van der Waals surface area contributed by atoms with Crippen molar-refractivity contribution in [1.82, 2.24) is 30.1 Å². The van der Waals surface area contributed by atoms with Crippen LogP contribution >= 0.6 is 0 Å². The topological polar surface area (TPSA) is 128 Å². The molecule has 3 aromatic rings. The summed E-state index contributed by atoms with van der Waals surface area (Å²) in [6.07, 6.45) is 3.05. The highest BCUT2D eigenvalue weighted by Crippen LogP contribution is 2.31. The number of fused-ring (bicyclic) bond motifs is 1. The molecule has 2 atom stereocenters. The molecule has 2 unspecified atom stereocenters. The van der Waals surface area contributed by atoms with Crippen LogP contribution in [0.25, 0.3) is 5.52 Å². The quantitative estimate of drug-likeness (QED) is 0.536. The molecule has 160 valence electrons. The molecule has 0 bridgehead atoms. The highest BCUT2D eigenvalue weighted by Gasteiger charge is 2.31. The number of hydrogen-bond donors (Lipinski definition) is 3. The molecule has 1 fully saturated rings. The minimum Gasteiger partial charge on any atom is -0.444 e. The second kappa shape index (κ2) is 8.67. The van der Waals surface area contributed by atoms with E-state index in [9.17, 15) is 4.79 Å². The third-order valence-corrected chi connectivity index (χ3v) is 4.56. The van der Waals surface area contributed by atoms with Crippen LogP contribution in [0, 0.1) is 0 Å². The van der Waals surface area contributed by atoms with Gasteiger partial charge >= 0.3 is 6.09 Å². The van der Waals surface area contributed by atoms with Crippen molar-refractivity contribution in [2.45, 2.75) is 45.1 Å². The molecule has 11 nitrogen and oxygen atoms in total. The standard InChI is InChI=1S/C19H25N7O4/c1-11(2)21-19(27)30-13-7-16(29-10-13)14-8-17(24-23-14)22-18-15-6-12(9-28-3)25-26(15)5-4-20-18/h4-6,8,11,13,16H,7,9-10H2,1-3H3,(H,21,27)(H2,20,22,23,24). The van der Waals surface area contributed by atoms with Gasteiger partial charge in [-0.1, -0.05) is 0 Å². The highest BCUT2D eigenvalue weighted by atomic mass is 16.6. The molecular formula is C19H25N7O4. The van der Waals surface area contributed by atoms with E-state index in [0.29, 0.717) is 31.3 Å². The van der Waals surface area contributed by atoms with Crippen molar-refractivity contribution in [3.63, 3.8) is 0 Å². The first-order valence-electron chi connectivity index (χ1n) is 9.75. The number of amides is 1.